The SMILES string of the molecule is CN1CC2(CCCN(C(=O)c3cc(-c4ccccc4O)n[nH]3)CC2)OC1=O. The first kappa shape index (κ1) is 17.4. The molecule has 0 bridgehead atoms. The molecule has 8 nitrogen and oxygen atoms in total. The molecule has 2 aromatic rings. The van der Waals surface area contributed by atoms with Crippen molar-refractivity contribution in [2.45, 2.75) is 24.9 Å². The number of carbonyl (C=O) groups is 2. The Kier molecular flexibility index (Phi) is 4.25. The number of aromatic amines is 1. The van der Waals surface area contributed by atoms with Crippen LogP contribution in [0.25, 0.3) is 11.3 Å². The fraction of sp³-hybridized carbons (Fsp3) is 0.421. The van der Waals surface area contributed by atoms with Gasteiger partial charge in [-0.05, 0) is 31.0 Å². The quantitative estimate of drug-likeness (QED) is 0.845. The number of carbonyl (C=O) groups excluding carboxylic acids is 2. The van der Waals surface area contributed by atoms with Gasteiger partial charge >= 0.3 is 6.09 Å². The maximum absolute atomic E-state index is 12.9. The Morgan fingerprint density at radius 2 is 2.11 bits per heavy atom. The predicted octanol–water partition coefficient (Wildman–Crippen LogP) is 2.23. The molecular formula is C19H22N4O4. The molecule has 1 unspecified atom stereocenters. The molecule has 3 heterocycles. The van der Waals surface area contributed by atoms with E-state index >= 15 is 0 Å². The molecule has 2 aliphatic heterocycles. The van der Waals surface area contributed by atoms with Crippen LogP contribution >= 0.6 is 0 Å². The van der Waals surface area contributed by atoms with Crippen molar-refractivity contribution < 1.29 is 19.4 Å². The summed E-state index contributed by atoms with van der Waals surface area (Å²) in [6.45, 7) is 1.69. The molecule has 142 valence electrons. The number of benzene rings is 1. The van der Waals surface area contributed by atoms with Gasteiger partial charge in [0.15, 0.2) is 0 Å². The molecule has 0 radical (unpaired) electrons. The number of hydrogen-bond acceptors (Lipinski definition) is 5. The Morgan fingerprint density at radius 3 is 2.85 bits per heavy atom. The monoisotopic (exact) mass is 370 g/mol. The van der Waals surface area contributed by atoms with Gasteiger partial charge in [-0.15, -0.1) is 0 Å². The van der Waals surface area contributed by atoms with E-state index < -0.39 is 5.60 Å². The summed E-state index contributed by atoms with van der Waals surface area (Å²) >= 11 is 0. The van der Waals surface area contributed by atoms with E-state index in [0.717, 1.165) is 12.8 Å². The van der Waals surface area contributed by atoms with Crippen LogP contribution in [0.5, 0.6) is 5.75 Å². The Morgan fingerprint density at radius 1 is 1.30 bits per heavy atom. The minimum atomic E-state index is -0.490. The van der Waals surface area contributed by atoms with E-state index in [1.807, 2.05) is 0 Å². The molecule has 1 spiro atoms. The van der Waals surface area contributed by atoms with Gasteiger partial charge in [0, 0.05) is 32.1 Å². The van der Waals surface area contributed by atoms with Crippen LogP contribution in [-0.2, 0) is 4.74 Å². The van der Waals surface area contributed by atoms with E-state index in [2.05, 4.69) is 10.2 Å². The summed E-state index contributed by atoms with van der Waals surface area (Å²) in [5.41, 5.74) is 0.984. The van der Waals surface area contributed by atoms with Crippen LogP contribution in [0.2, 0.25) is 0 Å². The van der Waals surface area contributed by atoms with Crippen molar-refractivity contribution in [2.75, 3.05) is 26.7 Å². The number of nitrogens with zero attached hydrogens (tertiary/aromatic N) is 3. The molecule has 0 aliphatic carbocycles. The molecule has 8 heteroatoms. The van der Waals surface area contributed by atoms with Gasteiger partial charge in [-0.25, -0.2) is 4.79 Å². The molecule has 2 amide bonds. The fourth-order valence-corrected chi connectivity index (χ4v) is 3.85. The number of phenolic OH excluding ortho intramolecular Hbond substituents is 1. The van der Waals surface area contributed by atoms with Crippen molar-refractivity contribution in [3.8, 4) is 17.0 Å². The number of para-hydroxylation sites is 1. The van der Waals surface area contributed by atoms with Gasteiger partial charge in [-0.2, -0.15) is 5.10 Å². The minimum Gasteiger partial charge on any atom is -0.507 e. The fourth-order valence-electron chi connectivity index (χ4n) is 3.85. The molecule has 1 atom stereocenters. The molecular weight excluding hydrogens is 348 g/mol. The van der Waals surface area contributed by atoms with Gasteiger partial charge < -0.3 is 19.6 Å². The Bertz CT molecular complexity index is 880. The van der Waals surface area contributed by atoms with E-state index in [1.165, 1.54) is 0 Å². The van der Waals surface area contributed by atoms with Crippen LogP contribution in [0.3, 0.4) is 0 Å². The molecule has 2 aliphatic rings. The number of nitrogens with one attached hydrogen (secondary N) is 1. The summed E-state index contributed by atoms with van der Waals surface area (Å²) in [5, 5.41) is 16.9. The maximum atomic E-state index is 12.9. The summed E-state index contributed by atoms with van der Waals surface area (Å²) < 4.78 is 5.59. The van der Waals surface area contributed by atoms with Crippen molar-refractivity contribution in [2.24, 2.45) is 0 Å². The third kappa shape index (κ3) is 3.22. The van der Waals surface area contributed by atoms with Crippen molar-refractivity contribution >= 4 is 12.0 Å². The number of aromatic hydroxyl groups is 1. The maximum Gasteiger partial charge on any atom is 0.410 e. The highest BCUT2D eigenvalue weighted by atomic mass is 16.6. The normalized spacial score (nSPS) is 22.8. The van der Waals surface area contributed by atoms with Crippen LogP contribution < -0.4 is 0 Å². The number of hydrogen-bond donors (Lipinski definition) is 2. The lowest BCUT2D eigenvalue weighted by Crippen LogP contribution is -2.37. The van der Waals surface area contributed by atoms with E-state index in [9.17, 15) is 14.7 Å². The van der Waals surface area contributed by atoms with E-state index in [0.29, 0.717) is 43.0 Å². The molecule has 2 N–H and O–H groups in total. The topological polar surface area (TPSA) is 98.8 Å². The third-order valence-corrected chi connectivity index (χ3v) is 5.31. The zero-order valence-corrected chi connectivity index (χ0v) is 15.1. The molecule has 1 aromatic carbocycles. The Balaban J connectivity index is 1.48. The van der Waals surface area contributed by atoms with Crippen LogP contribution in [0.15, 0.2) is 30.3 Å². The molecule has 0 saturated carbocycles. The Hall–Kier alpha value is -3.03. The van der Waals surface area contributed by atoms with E-state index in [1.54, 1.807) is 47.2 Å². The standard InChI is InChI=1S/C19H22N4O4/c1-22-12-19(27-18(22)26)7-4-9-23(10-8-19)17(25)15-11-14(20-21-15)13-5-2-3-6-16(13)24/h2-3,5-6,11,24H,4,7-10,12H2,1H3,(H,20,21). The number of phenols is 1. The van der Waals surface area contributed by atoms with E-state index in [4.69, 9.17) is 4.74 Å². The Labute approximate surface area is 156 Å². The average molecular weight is 370 g/mol. The van der Waals surface area contributed by atoms with E-state index in [-0.39, 0.29) is 17.7 Å². The molecule has 4 rings (SSSR count). The highest BCUT2D eigenvalue weighted by molar-refractivity contribution is 5.93. The second-order valence-electron chi connectivity index (χ2n) is 7.24. The summed E-state index contributed by atoms with van der Waals surface area (Å²) in [6.07, 6.45) is 1.84. The number of likely N-dealkylation sites (N-methyl/N-ethyl adjacent to an activating group) is 1. The molecule has 2 saturated heterocycles. The molecule has 27 heavy (non-hydrogen) atoms. The number of rotatable bonds is 2. The average Bonchev–Trinajstić information content (AvgIpc) is 3.17. The second-order valence-corrected chi connectivity index (χ2v) is 7.24. The van der Waals surface area contributed by atoms with Crippen LogP contribution in [0.1, 0.15) is 29.8 Å². The largest absolute Gasteiger partial charge is 0.507 e. The lowest BCUT2D eigenvalue weighted by Gasteiger charge is -2.25. The van der Waals surface area contributed by atoms with Gasteiger partial charge in [-0.3, -0.25) is 9.89 Å². The van der Waals surface area contributed by atoms with Gasteiger partial charge in [0.2, 0.25) is 0 Å². The van der Waals surface area contributed by atoms with Crippen molar-refractivity contribution in [3.63, 3.8) is 0 Å². The first-order chi connectivity index (χ1) is 13.0. The second kappa shape index (κ2) is 6.61. The summed E-state index contributed by atoms with van der Waals surface area (Å²) in [6, 6.07) is 8.53. The van der Waals surface area contributed by atoms with Crippen molar-refractivity contribution in [1.82, 2.24) is 20.0 Å². The summed E-state index contributed by atoms with van der Waals surface area (Å²) in [5.74, 6) is -0.0224. The number of likely N-dealkylation sites (tertiary alicyclic amines) is 1. The lowest BCUT2D eigenvalue weighted by atomic mass is 9.95. The number of amides is 2. The van der Waals surface area contributed by atoms with Gasteiger partial charge in [-0.1, -0.05) is 12.1 Å². The first-order valence-corrected chi connectivity index (χ1v) is 9.05. The highest BCUT2D eigenvalue weighted by Crippen LogP contribution is 2.33. The van der Waals surface area contributed by atoms with Gasteiger partial charge in [0.05, 0.1) is 12.2 Å². The number of ether oxygens (including phenoxy) is 1. The van der Waals surface area contributed by atoms with Crippen molar-refractivity contribution in [3.05, 3.63) is 36.0 Å². The van der Waals surface area contributed by atoms with Crippen LogP contribution in [0, 0.1) is 0 Å². The minimum absolute atomic E-state index is 0.117. The number of aromatic nitrogens is 2. The van der Waals surface area contributed by atoms with Gasteiger partial charge in [0.1, 0.15) is 17.0 Å². The zero-order valence-electron chi connectivity index (χ0n) is 15.1. The van der Waals surface area contributed by atoms with Crippen molar-refractivity contribution in [1.29, 1.82) is 0 Å². The zero-order chi connectivity index (χ0) is 19.0. The molecule has 1 aromatic heterocycles. The summed E-state index contributed by atoms with van der Waals surface area (Å²) in [4.78, 5) is 28.0. The highest BCUT2D eigenvalue weighted by Gasteiger charge is 2.44. The lowest BCUT2D eigenvalue weighted by molar-refractivity contribution is 0.0438. The van der Waals surface area contributed by atoms with Gasteiger partial charge in [0.25, 0.3) is 5.91 Å². The van der Waals surface area contributed by atoms with Crippen LogP contribution in [-0.4, -0.2) is 69.4 Å². The smallest absolute Gasteiger partial charge is 0.410 e. The summed E-state index contributed by atoms with van der Waals surface area (Å²) in [7, 11) is 1.73. The third-order valence-electron chi connectivity index (χ3n) is 5.31. The molecule has 2 fully saturated rings. The first-order valence-electron chi connectivity index (χ1n) is 9.05. The van der Waals surface area contributed by atoms with Crippen LogP contribution in [0.4, 0.5) is 4.79 Å². The number of H-pyrrole nitrogens is 1. The predicted molar refractivity (Wildman–Crippen MR) is 97.3 cm³/mol.